The molecule has 0 unspecified atom stereocenters. The largest absolute Gasteiger partial charge is 0.507 e. The summed E-state index contributed by atoms with van der Waals surface area (Å²) in [5.74, 6) is -0.587. The first kappa shape index (κ1) is 24.8. The van der Waals surface area contributed by atoms with Crippen LogP contribution in [0.1, 0.15) is 61.6 Å². The fraction of sp³-hybridized carbons (Fsp3) is 0.312. The third kappa shape index (κ3) is 4.78. The molecule has 190 valence electrons. The summed E-state index contributed by atoms with van der Waals surface area (Å²) in [5, 5.41) is 11.5. The molecule has 0 bridgehead atoms. The molecular formula is C32H33NO4. The van der Waals surface area contributed by atoms with Crippen LogP contribution in [0.2, 0.25) is 0 Å². The molecule has 0 aromatic heterocycles. The molecule has 2 atom stereocenters. The van der Waals surface area contributed by atoms with Gasteiger partial charge in [-0.25, -0.2) is 0 Å². The van der Waals surface area contributed by atoms with Crippen LogP contribution in [0.3, 0.4) is 0 Å². The molecular weight excluding hydrogens is 462 g/mol. The Balaban J connectivity index is 1.58. The second kappa shape index (κ2) is 9.55. The summed E-state index contributed by atoms with van der Waals surface area (Å²) in [5.41, 5.74) is 4.66. The molecule has 1 fully saturated rings. The Kier molecular flexibility index (Phi) is 6.40. The van der Waals surface area contributed by atoms with Crippen molar-refractivity contribution < 1.29 is 19.4 Å². The number of ketones is 1. The van der Waals surface area contributed by atoms with Crippen LogP contribution in [-0.4, -0.2) is 34.3 Å². The number of fused-ring (bicyclic) bond motifs is 1. The van der Waals surface area contributed by atoms with Crippen LogP contribution in [-0.2, 0) is 27.8 Å². The zero-order valence-electron chi connectivity index (χ0n) is 21.8. The van der Waals surface area contributed by atoms with Gasteiger partial charge in [0.05, 0.1) is 11.6 Å². The van der Waals surface area contributed by atoms with Crippen LogP contribution >= 0.6 is 0 Å². The number of aliphatic hydroxyl groups excluding tert-OH is 1. The number of likely N-dealkylation sites (tertiary alicyclic amines) is 1. The van der Waals surface area contributed by atoms with E-state index in [1.807, 2.05) is 73.7 Å². The number of amides is 1. The molecule has 2 aliphatic heterocycles. The van der Waals surface area contributed by atoms with Crippen LogP contribution in [0.15, 0.2) is 78.4 Å². The number of rotatable bonds is 5. The number of aliphatic hydroxyl groups is 1. The maximum atomic E-state index is 13.4. The van der Waals surface area contributed by atoms with Gasteiger partial charge in [0.25, 0.3) is 11.7 Å². The molecule has 2 aliphatic rings. The smallest absolute Gasteiger partial charge is 0.295 e. The van der Waals surface area contributed by atoms with Gasteiger partial charge < -0.3 is 14.7 Å². The van der Waals surface area contributed by atoms with Crippen molar-refractivity contribution in [2.75, 3.05) is 6.54 Å². The number of hydrogen-bond acceptors (Lipinski definition) is 4. The number of carbonyl (C=O) groups is 2. The Bertz CT molecular complexity index is 1370. The zero-order valence-corrected chi connectivity index (χ0v) is 21.8. The first-order valence-corrected chi connectivity index (χ1v) is 12.9. The van der Waals surface area contributed by atoms with Crippen LogP contribution < -0.4 is 4.74 Å². The lowest BCUT2D eigenvalue weighted by atomic mass is 9.85. The molecule has 5 rings (SSSR count). The van der Waals surface area contributed by atoms with Gasteiger partial charge in [0.15, 0.2) is 0 Å². The molecule has 0 radical (unpaired) electrons. The van der Waals surface area contributed by atoms with Crippen molar-refractivity contribution in [1.82, 2.24) is 4.90 Å². The van der Waals surface area contributed by atoms with Crippen molar-refractivity contribution in [1.29, 1.82) is 0 Å². The molecule has 37 heavy (non-hydrogen) atoms. The third-order valence-electron chi connectivity index (χ3n) is 7.29. The summed E-state index contributed by atoms with van der Waals surface area (Å²) in [7, 11) is 0. The Labute approximate surface area is 218 Å². The van der Waals surface area contributed by atoms with Crippen molar-refractivity contribution in [3.8, 4) is 5.75 Å². The average Bonchev–Trinajstić information content (AvgIpc) is 3.37. The quantitative estimate of drug-likeness (QED) is 0.269. The van der Waals surface area contributed by atoms with E-state index in [-0.39, 0.29) is 22.9 Å². The summed E-state index contributed by atoms with van der Waals surface area (Å²) < 4.78 is 5.80. The number of carbonyl (C=O) groups excluding carboxylic acids is 2. The fourth-order valence-electron chi connectivity index (χ4n) is 5.24. The maximum absolute atomic E-state index is 13.4. The van der Waals surface area contributed by atoms with Crippen LogP contribution in [0, 0.1) is 0 Å². The van der Waals surface area contributed by atoms with E-state index in [1.165, 1.54) is 0 Å². The number of ether oxygens (including phenoxy) is 1. The van der Waals surface area contributed by atoms with E-state index in [1.54, 1.807) is 11.0 Å². The van der Waals surface area contributed by atoms with E-state index in [2.05, 4.69) is 20.8 Å². The van der Waals surface area contributed by atoms with Crippen molar-refractivity contribution in [2.45, 2.75) is 58.1 Å². The standard InChI is InChI=1S/C32H33NO4/c1-20-18-24-19-23(12-15-26(24)37-20)29(34)27-28(22-10-13-25(14-11-22)32(2,3)4)33(31(36)30(27)35)17-16-21-8-6-5-7-9-21/h5-15,19-20,28,34H,16-18H2,1-4H3/t20-,28-/m0/s1. The lowest BCUT2D eigenvalue weighted by Crippen LogP contribution is -2.31. The van der Waals surface area contributed by atoms with E-state index in [4.69, 9.17) is 4.74 Å². The van der Waals surface area contributed by atoms with Gasteiger partial charge >= 0.3 is 0 Å². The summed E-state index contributed by atoms with van der Waals surface area (Å²) in [6.07, 6.45) is 1.41. The fourth-order valence-corrected chi connectivity index (χ4v) is 5.24. The van der Waals surface area contributed by atoms with Gasteiger partial charge in [-0.15, -0.1) is 0 Å². The van der Waals surface area contributed by atoms with Gasteiger partial charge in [0, 0.05) is 18.5 Å². The predicted octanol–water partition coefficient (Wildman–Crippen LogP) is 5.97. The second-order valence-electron chi connectivity index (χ2n) is 11.1. The number of benzene rings is 3. The van der Waals surface area contributed by atoms with Gasteiger partial charge in [-0.05, 0) is 59.2 Å². The first-order valence-electron chi connectivity index (χ1n) is 12.9. The molecule has 0 aliphatic carbocycles. The van der Waals surface area contributed by atoms with Gasteiger partial charge in [-0.1, -0.05) is 75.4 Å². The zero-order chi connectivity index (χ0) is 26.3. The van der Waals surface area contributed by atoms with E-state index in [9.17, 15) is 14.7 Å². The molecule has 0 spiro atoms. The second-order valence-corrected chi connectivity index (χ2v) is 11.1. The highest BCUT2D eigenvalue weighted by Crippen LogP contribution is 2.41. The van der Waals surface area contributed by atoms with Gasteiger partial charge in [0.2, 0.25) is 0 Å². The number of hydrogen-bond donors (Lipinski definition) is 1. The lowest BCUT2D eigenvalue weighted by Gasteiger charge is -2.26. The lowest BCUT2D eigenvalue weighted by molar-refractivity contribution is -0.139. The number of nitrogens with zero attached hydrogens (tertiary/aromatic N) is 1. The van der Waals surface area contributed by atoms with Crippen LogP contribution in [0.4, 0.5) is 0 Å². The summed E-state index contributed by atoms with van der Waals surface area (Å²) in [6, 6.07) is 22.7. The van der Waals surface area contributed by atoms with Crippen LogP contribution in [0.5, 0.6) is 5.75 Å². The van der Waals surface area contributed by atoms with E-state index in [0.29, 0.717) is 18.5 Å². The third-order valence-corrected chi connectivity index (χ3v) is 7.29. The molecule has 5 nitrogen and oxygen atoms in total. The van der Waals surface area contributed by atoms with E-state index < -0.39 is 17.7 Å². The SMILES string of the molecule is C[C@H]1Cc2cc(C(O)=C3C(=O)C(=O)N(CCc4ccccc4)[C@H]3c3ccc(C(C)(C)C)cc3)ccc2O1. The molecule has 1 amide bonds. The minimum atomic E-state index is -0.666. The molecule has 1 saturated heterocycles. The number of Topliss-reactive ketones (excluding diaryl/α,β-unsaturated/α-hetero) is 1. The van der Waals surface area contributed by atoms with Crippen LogP contribution in [0.25, 0.3) is 5.76 Å². The molecule has 1 N–H and O–H groups in total. The molecule has 2 heterocycles. The highest BCUT2D eigenvalue weighted by molar-refractivity contribution is 6.46. The Morgan fingerprint density at radius 2 is 1.70 bits per heavy atom. The monoisotopic (exact) mass is 495 g/mol. The maximum Gasteiger partial charge on any atom is 0.295 e. The molecule has 0 saturated carbocycles. The van der Waals surface area contributed by atoms with Crippen molar-refractivity contribution >= 4 is 17.4 Å². The predicted molar refractivity (Wildman–Crippen MR) is 145 cm³/mol. The van der Waals surface area contributed by atoms with Crippen molar-refractivity contribution in [3.63, 3.8) is 0 Å². The summed E-state index contributed by atoms with van der Waals surface area (Å²) in [6.45, 7) is 8.80. The average molecular weight is 496 g/mol. The van der Waals surface area contributed by atoms with Gasteiger partial charge in [-0.2, -0.15) is 0 Å². The van der Waals surface area contributed by atoms with Crippen molar-refractivity contribution in [2.24, 2.45) is 0 Å². The Morgan fingerprint density at radius 1 is 1.00 bits per heavy atom. The molecule has 3 aromatic rings. The van der Waals surface area contributed by atoms with E-state index in [0.717, 1.165) is 34.4 Å². The summed E-state index contributed by atoms with van der Waals surface area (Å²) in [4.78, 5) is 28.3. The summed E-state index contributed by atoms with van der Waals surface area (Å²) >= 11 is 0. The first-order chi connectivity index (χ1) is 17.6. The minimum absolute atomic E-state index is 0.0305. The molecule has 3 aromatic carbocycles. The Hall–Kier alpha value is -3.86. The van der Waals surface area contributed by atoms with E-state index >= 15 is 0 Å². The topological polar surface area (TPSA) is 66.8 Å². The minimum Gasteiger partial charge on any atom is -0.507 e. The van der Waals surface area contributed by atoms with Crippen molar-refractivity contribution in [3.05, 3.63) is 106 Å². The van der Waals surface area contributed by atoms with Gasteiger partial charge in [-0.3, -0.25) is 9.59 Å². The highest BCUT2D eigenvalue weighted by atomic mass is 16.5. The highest BCUT2D eigenvalue weighted by Gasteiger charge is 2.46. The van der Waals surface area contributed by atoms with Gasteiger partial charge in [0.1, 0.15) is 17.6 Å². The Morgan fingerprint density at radius 3 is 2.38 bits per heavy atom. The molecule has 5 heteroatoms. The normalized spacial score (nSPS) is 20.7.